The average Bonchev–Trinajstić information content (AvgIpc) is 3.22. The van der Waals surface area contributed by atoms with Gasteiger partial charge < -0.3 is 10.1 Å². The van der Waals surface area contributed by atoms with Crippen LogP contribution in [-0.4, -0.2) is 47.0 Å². The van der Waals surface area contributed by atoms with Gasteiger partial charge in [-0.05, 0) is 55.3 Å². The van der Waals surface area contributed by atoms with Gasteiger partial charge in [-0.1, -0.05) is 39.8 Å². The van der Waals surface area contributed by atoms with E-state index in [0.717, 1.165) is 28.9 Å². The van der Waals surface area contributed by atoms with Gasteiger partial charge >= 0.3 is 0 Å². The predicted molar refractivity (Wildman–Crippen MR) is 150 cm³/mol. The van der Waals surface area contributed by atoms with Crippen LogP contribution in [0.3, 0.4) is 0 Å². The normalized spacial score (nSPS) is 16.6. The molecule has 1 N–H and O–H groups in total. The van der Waals surface area contributed by atoms with Crippen LogP contribution in [0, 0.1) is 5.82 Å². The Bertz CT molecular complexity index is 1320. The number of fused-ring (bicyclic) bond motifs is 1. The average molecular weight is 539 g/mol. The number of aromatic nitrogens is 2. The third kappa shape index (κ3) is 5.72. The first-order valence-corrected chi connectivity index (χ1v) is 13.8. The van der Waals surface area contributed by atoms with Gasteiger partial charge in [0.1, 0.15) is 23.9 Å². The summed E-state index contributed by atoms with van der Waals surface area (Å²) in [6.07, 6.45) is 0.778. The molecule has 3 aromatic rings. The highest BCUT2D eigenvalue weighted by atomic mass is 32.2. The van der Waals surface area contributed by atoms with Crippen molar-refractivity contribution in [2.75, 3.05) is 24.3 Å². The second-order valence-electron chi connectivity index (χ2n) is 10.5. The summed E-state index contributed by atoms with van der Waals surface area (Å²) in [7, 11) is 1.60. The van der Waals surface area contributed by atoms with Crippen molar-refractivity contribution < 1.29 is 18.7 Å². The summed E-state index contributed by atoms with van der Waals surface area (Å²) < 4.78 is 21.5. The van der Waals surface area contributed by atoms with Gasteiger partial charge in [0.05, 0.1) is 29.5 Å². The number of halogens is 1. The molecule has 0 aliphatic carbocycles. The van der Waals surface area contributed by atoms with Crippen LogP contribution in [0.2, 0.25) is 0 Å². The maximum Gasteiger partial charge on any atom is 0.240 e. The maximum absolute atomic E-state index is 14.4. The molecule has 1 aromatic heterocycles. The molecule has 2 heterocycles. The number of methoxy groups -OCH3 is 1. The lowest BCUT2D eigenvalue weighted by Gasteiger charge is -2.25. The second-order valence-corrected chi connectivity index (χ2v) is 11.6. The monoisotopic (exact) mass is 538 g/mol. The lowest BCUT2D eigenvalue weighted by atomic mass is 9.87. The molecule has 0 unspecified atom stereocenters. The van der Waals surface area contributed by atoms with Crippen molar-refractivity contribution in [1.82, 2.24) is 15.1 Å². The summed E-state index contributed by atoms with van der Waals surface area (Å²) in [5, 5.41) is 7.66. The van der Waals surface area contributed by atoms with Crippen molar-refractivity contribution in [3.8, 4) is 11.4 Å². The molecule has 0 radical (unpaired) electrons. The number of rotatable bonds is 7. The van der Waals surface area contributed by atoms with E-state index in [-0.39, 0.29) is 41.2 Å². The van der Waals surface area contributed by atoms with Crippen molar-refractivity contribution in [2.24, 2.45) is 0 Å². The van der Waals surface area contributed by atoms with Crippen LogP contribution in [0.4, 0.5) is 10.2 Å². The van der Waals surface area contributed by atoms with Gasteiger partial charge in [-0.3, -0.25) is 14.5 Å². The number of carbonyl (C=O) groups excluding carboxylic acids is 2. The maximum atomic E-state index is 14.4. The molecule has 38 heavy (non-hydrogen) atoms. The summed E-state index contributed by atoms with van der Waals surface area (Å²) in [5.41, 5.74) is 2.67. The van der Waals surface area contributed by atoms with Gasteiger partial charge in [0.2, 0.25) is 11.8 Å². The first-order valence-electron chi connectivity index (χ1n) is 12.8. The first kappa shape index (κ1) is 27.7. The fourth-order valence-electron chi connectivity index (χ4n) is 4.48. The Kier molecular flexibility index (Phi) is 8.16. The van der Waals surface area contributed by atoms with Gasteiger partial charge in [-0.15, -0.1) is 11.8 Å². The van der Waals surface area contributed by atoms with Crippen LogP contribution in [0.5, 0.6) is 5.75 Å². The number of nitrogens with zero attached hydrogens (tertiary/aromatic N) is 3. The molecule has 1 aliphatic heterocycles. The fourth-order valence-corrected chi connectivity index (χ4v) is 5.66. The highest BCUT2D eigenvalue weighted by Crippen LogP contribution is 2.48. The van der Waals surface area contributed by atoms with E-state index in [2.05, 4.69) is 26.1 Å². The largest absolute Gasteiger partial charge is 0.497 e. The lowest BCUT2D eigenvalue weighted by Crippen LogP contribution is -2.44. The summed E-state index contributed by atoms with van der Waals surface area (Å²) in [4.78, 5) is 28.2. The van der Waals surface area contributed by atoms with Crippen LogP contribution < -0.4 is 15.0 Å². The van der Waals surface area contributed by atoms with E-state index in [4.69, 9.17) is 9.84 Å². The smallest absolute Gasteiger partial charge is 0.240 e. The van der Waals surface area contributed by atoms with Crippen LogP contribution in [0.15, 0.2) is 48.5 Å². The van der Waals surface area contributed by atoms with E-state index < -0.39 is 5.41 Å². The zero-order valence-electron chi connectivity index (χ0n) is 22.7. The minimum absolute atomic E-state index is 0.0184. The van der Waals surface area contributed by atoms with Crippen molar-refractivity contribution in [1.29, 1.82) is 0 Å². The minimum Gasteiger partial charge on any atom is -0.497 e. The van der Waals surface area contributed by atoms with Crippen LogP contribution in [0.25, 0.3) is 5.69 Å². The van der Waals surface area contributed by atoms with Crippen LogP contribution >= 0.6 is 11.8 Å². The van der Waals surface area contributed by atoms with Crippen LogP contribution in [-0.2, 0) is 15.0 Å². The fraction of sp³-hybridized carbons (Fsp3) is 0.414. The number of amides is 2. The number of hydrogen-bond acceptors (Lipinski definition) is 5. The Morgan fingerprint density at radius 2 is 1.95 bits per heavy atom. The molecule has 9 heteroatoms. The number of thioether (sulfide) groups is 1. The first-order chi connectivity index (χ1) is 18.0. The van der Waals surface area contributed by atoms with Gasteiger partial charge in [-0.25, -0.2) is 9.07 Å². The third-order valence-electron chi connectivity index (χ3n) is 6.59. The molecule has 0 fully saturated rings. The Morgan fingerprint density at radius 1 is 1.24 bits per heavy atom. The number of ether oxygens (including phenoxy) is 1. The Morgan fingerprint density at radius 3 is 2.55 bits per heavy atom. The second kappa shape index (κ2) is 11.2. The molecule has 0 spiro atoms. The highest BCUT2D eigenvalue weighted by Gasteiger charge is 2.40. The minimum atomic E-state index is -0.397. The van der Waals surface area contributed by atoms with Crippen molar-refractivity contribution in [2.45, 2.75) is 57.7 Å². The van der Waals surface area contributed by atoms with E-state index in [1.807, 2.05) is 44.2 Å². The molecule has 0 bridgehead atoms. The summed E-state index contributed by atoms with van der Waals surface area (Å²) in [6.45, 7) is 9.98. The van der Waals surface area contributed by atoms with E-state index in [9.17, 15) is 14.0 Å². The van der Waals surface area contributed by atoms with E-state index >= 15 is 0 Å². The van der Waals surface area contributed by atoms with E-state index in [1.54, 1.807) is 17.9 Å². The quantitative estimate of drug-likeness (QED) is 0.436. The molecule has 7 nitrogen and oxygen atoms in total. The predicted octanol–water partition coefficient (Wildman–Crippen LogP) is 5.40. The van der Waals surface area contributed by atoms with E-state index in [1.165, 1.54) is 28.8 Å². The number of nitrogens with one attached hydrogen (secondary N) is 1. The van der Waals surface area contributed by atoms with Crippen molar-refractivity contribution in [3.63, 3.8) is 0 Å². The molecular formula is C29H35FN4O3S. The highest BCUT2D eigenvalue weighted by molar-refractivity contribution is 8.00. The molecule has 4 rings (SSSR count). The molecule has 2 atom stereocenters. The molecule has 202 valence electrons. The molecule has 2 amide bonds. The third-order valence-corrected chi connectivity index (χ3v) is 7.84. The molecule has 1 aliphatic rings. The number of hydrogen-bond donors (Lipinski definition) is 1. The number of anilines is 1. The van der Waals surface area contributed by atoms with Gasteiger partial charge in [-0.2, -0.15) is 5.10 Å². The Labute approximate surface area is 227 Å². The molecule has 2 aromatic carbocycles. The topological polar surface area (TPSA) is 76.5 Å². The summed E-state index contributed by atoms with van der Waals surface area (Å²) >= 11 is 1.43. The standard InChI is InChI=1S/C29H35FN4O3S/c1-7-18(2)31-23(35)16-33-24(36)17-38-26(19-9-8-10-20(30)15-19)25-27(29(3,4)5)32-34(28(25)33)21-11-13-22(37-6)14-12-21/h8-15,18,26H,7,16-17H2,1-6H3,(H,31,35)/t18-,26-/m0/s1. The van der Waals surface area contributed by atoms with Crippen LogP contribution in [0.1, 0.15) is 63.1 Å². The SMILES string of the molecule is CC[C@H](C)NC(=O)CN1C(=O)CS[C@@H](c2cccc(F)c2)c2c(C(C)(C)C)nn(-c3ccc(OC)cc3)c21. The summed E-state index contributed by atoms with van der Waals surface area (Å²) in [6, 6.07) is 13.9. The molecule has 0 saturated carbocycles. The number of benzene rings is 2. The summed E-state index contributed by atoms with van der Waals surface area (Å²) in [5.74, 6) is 0.571. The van der Waals surface area contributed by atoms with Gasteiger partial charge in [0.25, 0.3) is 0 Å². The molecular weight excluding hydrogens is 503 g/mol. The van der Waals surface area contributed by atoms with Crippen molar-refractivity contribution >= 4 is 29.4 Å². The molecule has 0 saturated heterocycles. The zero-order chi connectivity index (χ0) is 27.6. The lowest BCUT2D eigenvalue weighted by molar-refractivity contribution is -0.123. The Balaban J connectivity index is 1.98. The zero-order valence-corrected chi connectivity index (χ0v) is 23.6. The Hall–Kier alpha value is -3.33. The van der Waals surface area contributed by atoms with Crippen molar-refractivity contribution in [3.05, 3.63) is 71.2 Å². The van der Waals surface area contributed by atoms with E-state index in [0.29, 0.717) is 11.6 Å². The van der Waals surface area contributed by atoms with Gasteiger partial charge in [0, 0.05) is 17.0 Å². The van der Waals surface area contributed by atoms with Gasteiger partial charge in [0.15, 0.2) is 0 Å². The number of carbonyl (C=O) groups is 2.